The summed E-state index contributed by atoms with van der Waals surface area (Å²) in [7, 11) is -15.0. The lowest BCUT2D eigenvalue weighted by molar-refractivity contribution is -0.107. The van der Waals surface area contributed by atoms with Crippen molar-refractivity contribution in [2.45, 2.75) is 111 Å². The van der Waals surface area contributed by atoms with Crippen molar-refractivity contribution in [2.75, 3.05) is 0 Å². The van der Waals surface area contributed by atoms with E-state index in [4.69, 9.17) is 12.5 Å². The molecule has 0 unspecified atom stereocenters. The van der Waals surface area contributed by atoms with Crippen molar-refractivity contribution in [1.29, 1.82) is 0 Å². The normalized spacial score (nSPS) is 39.7. The van der Waals surface area contributed by atoms with E-state index in [2.05, 4.69) is 33.8 Å². The molecule has 12 nitrogen and oxygen atoms in total. The minimum Gasteiger partial charge on any atom is -0.264 e. The molecule has 244 valence electrons. The Labute approximate surface area is 250 Å². The lowest BCUT2D eigenvalue weighted by Gasteiger charge is -2.59. The monoisotopic (exact) mass is 658 g/mol. The van der Waals surface area contributed by atoms with Gasteiger partial charge in [0.2, 0.25) is 0 Å². The number of fused-ring (bicyclic) bond motifs is 5. The van der Waals surface area contributed by atoms with Crippen molar-refractivity contribution < 1.29 is 51.5 Å². The van der Waals surface area contributed by atoms with Gasteiger partial charge in [-0.3, -0.25) is 13.7 Å². The molecule has 42 heavy (non-hydrogen) atoms. The second-order valence-electron chi connectivity index (χ2n) is 14.0. The summed E-state index contributed by atoms with van der Waals surface area (Å²) in [5.41, 5.74) is -0.00507. The molecule has 0 aromatic rings. The van der Waals surface area contributed by atoms with Crippen molar-refractivity contribution in [3.8, 4) is 0 Å². The number of rotatable bonds is 11. The molecule has 3 fully saturated rings. The molecule has 0 saturated heterocycles. The van der Waals surface area contributed by atoms with Gasteiger partial charge in [0, 0.05) is 0 Å². The molecular weight excluding hydrogens is 612 g/mol. The second kappa shape index (κ2) is 11.9. The van der Waals surface area contributed by atoms with Crippen LogP contribution in [0, 0.1) is 46.3 Å². The maximum Gasteiger partial charge on any atom is 0.397 e. The van der Waals surface area contributed by atoms with E-state index in [1.54, 1.807) is 0 Å². The quantitative estimate of drug-likeness (QED) is 0.203. The summed E-state index contributed by atoms with van der Waals surface area (Å²) in [6.45, 7) is 10.9. The highest BCUT2D eigenvalue weighted by Gasteiger charge is 2.62. The second-order valence-corrected chi connectivity index (χ2v) is 17.1. The smallest absolute Gasteiger partial charge is 0.264 e. The first-order valence-electron chi connectivity index (χ1n) is 14.8. The Hall–Kier alpha value is -0.650. The van der Waals surface area contributed by atoms with Gasteiger partial charge in [0.15, 0.2) is 0 Å². The molecule has 0 aromatic carbocycles. The van der Waals surface area contributed by atoms with Gasteiger partial charge in [0.25, 0.3) is 0 Å². The molecule has 3 saturated carbocycles. The zero-order valence-electron chi connectivity index (χ0n) is 24.9. The van der Waals surface area contributed by atoms with Gasteiger partial charge < -0.3 is 0 Å². The minimum absolute atomic E-state index is 0.0487. The van der Waals surface area contributed by atoms with Crippen LogP contribution in [-0.2, 0) is 43.7 Å². The Morgan fingerprint density at radius 2 is 1.38 bits per heavy atom. The Balaban J connectivity index is 1.72. The van der Waals surface area contributed by atoms with Crippen molar-refractivity contribution in [1.82, 2.24) is 0 Å². The van der Waals surface area contributed by atoms with Crippen LogP contribution >= 0.6 is 0 Å². The molecule has 4 rings (SSSR count). The van der Waals surface area contributed by atoms with Crippen molar-refractivity contribution in [3.05, 3.63) is 11.6 Å². The van der Waals surface area contributed by atoms with E-state index in [1.165, 1.54) is 6.42 Å². The Bertz CT molecular complexity index is 1360. The lowest BCUT2D eigenvalue weighted by Crippen LogP contribution is -2.58. The Morgan fingerprint density at radius 1 is 0.810 bits per heavy atom. The van der Waals surface area contributed by atoms with Crippen LogP contribution in [0.25, 0.3) is 0 Å². The summed E-state index contributed by atoms with van der Waals surface area (Å²) in [5.74, 6) is 0.931. The first kappa shape index (κ1) is 34.2. The first-order valence-corrected chi connectivity index (χ1v) is 18.9. The summed E-state index contributed by atoms with van der Waals surface area (Å²) < 4.78 is 114. The first-order chi connectivity index (χ1) is 19.1. The van der Waals surface area contributed by atoms with E-state index in [9.17, 15) is 38.9 Å². The predicted octanol–water partition coefficient (Wildman–Crippen LogP) is 4.81. The third kappa shape index (κ3) is 7.41. The molecule has 3 N–H and O–H groups in total. The van der Waals surface area contributed by atoms with Gasteiger partial charge >= 0.3 is 31.2 Å². The summed E-state index contributed by atoms with van der Waals surface area (Å²) >= 11 is 0. The van der Waals surface area contributed by atoms with Crippen LogP contribution in [0.5, 0.6) is 0 Å². The Morgan fingerprint density at radius 3 is 1.95 bits per heavy atom. The van der Waals surface area contributed by atoms with Gasteiger partial charge in [-0.15, -0.1) is 0 Å². The van der Waals surface area contributed by atoms with Crippen LogP contribution in [0.4, 0.5) is 0 Å². The standard InChI is InChI=1S/C27H46O12S3/c1-16(2)7-6-8-17(3)19-9-10-20-18-13-23(37-40(28,29)30)22-14-24(38-41(31,32)33)25(39-42(34,35)36)15-27(22,5)21(18)11-12-26(19,20)4/h11,16-20,22-25H,6-10,12-15H2,1-5H3,(H,28,29,30)(H,31,32,33)(H,34,35,36)/t17-,18+,19-,20+,22-,23+,24+,25+,26-,27-/m1/s1. The van der Waals surface area contributed by atoms with Crippen LogP contribution in [0.1, 0.15) is 92.4 Å². The van der Waals surface area contributed by atoms with E-state index in [0.717, 1.165) is 37.7 Å². The van der Waals surface area contributed by atoms with Gasteiger partial charge in [-0.1, -0.05) is 65.5 Å². The zero-order chi connectivity index (χ0) is 31.5. The molecule has 0 radical (unpaired) electrons. The van der Waals surface area contributed by atoms with Gasteiger partial charge in [-0.2, -0.15) is 25.3 Å². The maximum atomic E-state index is 12.0. The summed E-state index contributed by atoms with van der Waals surface area (Å²) in [5, 5.41) is 0. The largest absolute Gasteiger partial charge is 0.397 e. The van der Waals surface area contributed by atoms with Gasteiger partial charge in [-0.05, 0) is 84.9 Å². The third-order valence-electron chi connectivity index (χ3n) is 10.9. The Kier molecular flexibility index (Phi) is 9.73. The highest BCUT2D eigenvalue weighted by molar-refractivity contribution is 7.81. The predicted molar refractivity (Wildman–Crippen MR) is 153 cm³/mol. The number of hydrogen-bond donors (Lipinski definition) is 3. The van der Waals surface area contributed by atoms with Crippen molar-refractivity contribution in [3.63, 3.8) is 0 Å². The molecule has 15 heteroatoms. The fourth-order valence-corrected chi connectivity index (χ4v) is 10.9. The van der Waals surface area contributed by atoms with E-state index in [1.807, 2.05) is 6.92 Å². The summed E-state index contributed by atoms with van der Waals surface area (Å²) in [6.07, 6.45) is 4.04. The lowest BCUT2D eigenvalue weighted by atomic mass is 9.47. The molecule has 4 aliphatic rings. The molecule has 0 aromatic heterocycles. The molecule has 0 amide bonds. The number of hydrogen-bond acceptors (Lipinski definition) is 9. The zero-order valence-corrected chi connectivity index (χ0v) is 27.3. The molecule has 10 atom stereocenters. The van der Waals surface area contributed by atoms with Crippen LogP contribution in [0.15, 0.2) is 11.6 Å². The van der Waals surface area contributed by atoms with E-state index in [-0.39, 0.29) is 36.5 Å². The van der Waals surface area contributed by atoms with E-state index < -0.39 is 60.8 Å². The average molecular weight is 659 g/mol. The van der Waals surface area contributed by atoms with Crippen LogP contribution < -0.4 is 0 Å². The summed E-state index contributed by atoms with van der Waals surface area (Å²) in [4.78, 5) is 0. The molecule has 0 bridgehead atoms. The molecule has 4 aliphatic carbocycles. The van der Waals surface area contributed by atoms with E-state index in [0.29, 0.717) is 17.8 Å². The third-order valence-corrected chi connectivity index (χ3v) is 12.4. The van der Waals surface area contributed by atoms with Gasteiger partial charge in [0.05, 0.1) is 6.10 Å². The fourth-order valence-electron chi connectivity index (χ4n) is 9.33. The van der Waals surface area contributed by atoms with Crippen molar-refractivity contribution in [2.24, 2.45) is 46.3 Å². The van der Waals surface area contributed by atoms with Crippen molar-refractivity contribution >= 4 is 31.2 Å². The molecule has 0 aliphatic heterocycles. The molecular formula is C27H46O12S3. The van der Waals surface area contributed by atoms with Crippen LogP contribution in [-0.4, -0.2) is 57.2 Å². The van der Waals surface area contributed by atoms with E-state index >= 15 is 0 Å². The topological polar surface area (TPSA) is 191 Å². The average Bonchev–Trinajstić information content (AvgIpc) is 3.14. The maximum absolute atomic E-state index is 12.0. The van der Waals surface area contributed by atoms with Crippen LogP contribution in [0.2, 0.25) is 0 Å². The SMILES string of the molecule is CC(C)CCC[C@@H](C)[C@H]1CC[C@H]2[C@@H]3C[C@H](OS(=O)(=O)O)[C@H]4C[C@H](OS(=O)(=O)O)[C@@H](OS(=O)(=O)O)C[C@]4(C)C3=CC[C@]12C. The molecule has 0 heterocycles. The fraction of sp³-hybridized carbons (Fsp3) is 0.926. The highest BCUT2D eigenvalue weighted by atomic mass is 32.3. The minimum atomic E-state index is -5.07. The highest BCUT2D eigenvalue weighted by Crippen LogP contribution is 2.67. The van der Waals surface area contributed by atoms with Gasteiger partial charge in [0.1, 0.15) is 12.2 Å². The molecule has 0 spiro atoms. The number of allylic oxidation sites excluding steroid dienone is 2. The van der Waals surface area contributed by atoms with Crippen LogP contribution in [0.3, 0.4) is 0 Å². The van der Waals surface area contributed by atoms with Gasteiger partial charge in [-0.25, -0.2) is 12.5 Å². The summed E-state index contributed by atoms with van der Waals surface area (Å²) in [6, 6.07) is 0.